The molecule has 1 N–H and O–H groups in total. The fourth-order valence-corrected chi connectivity index (χ4v) is 2.45. The van der Waals surface area contributed by atoms with E-state index in [1.165, 1.54) is 22.4 Å². The summed E-state index contributed by atoms with van der Waals surface area (Å²) in [6, 6.07) is 8.79. The Bertz CT molecular complexity index is 555. The molecule has 1 aromatic heterocycles. The highest BCUT2D eigenvalue weighted by molar-refractivity contribution is 5.39. The molecule has 0 fully saturated rings. The lowest BCUT2D eigenvalue weighted by Gasteiger charge is -2.20. The van der Waals surface area contributed by atoms with Gasteiger partial charge in [-0.3, -0.25) is 4.68 Å². The number of aromatic nitrogens is 2. The molecule has 1 aromatic carbocycles. The lowest BCUT2D eigenvalue weighted by atomic mass is 9.95. The Morgan fingerprint density at radius 3 is 2.50 bits per heavy atom. The summed E-state index contributed by atoms with van der Waals surface area (Å²) in [4.78, 5) is 0. The Balaban J connectivity index is 2.52. The molecule has 0 saturated heterocycles. The Kier molecular flexibility index (Phi) is 3.53. The third-order valence-electron chi connectivity index (χ3n) is 3.58. The lowest BCUT2D eigenvalue weighted by Crippen LogP contribution is -2.21. The highest BCUT2D eigenvalue weighted by atomic mass is 15.3. The molecule has 18 heavy (non-hydrogen) atoms. The van der Waals surface area contributed by atoms with Crippen molar-refractivity contribution in [2.24, 2.45) is 7.05 Å². The predicted molar refractivity (Wildman–Crippen MR) is 74.8 cm³/mol. The maximum atomic E-state index is 4.43. The molecule has 0 spiro atoms. The third kappa shape index (κ3) is 2.18. The van der Waals surface area contributed by atoms with Gasteiger partial charge in [0.15, 0.2) is 0 Å². The van der Waals surface area contributed by atoms with Crippen LogP contribution < -0.4 is 5.32 Å². The van der Waals surface area contributed by atoms with Crippen molar-refractivity contribution in [3.63, 3.8) is 0 Å². The predicted octanol–water partition coefficient (Wildman–Crippen LogP) is 2.65. The number of benzene rings is 1. The summed E-state index contributed by atoms with van der Waals surface area (Å²) in [5, 5.41) is 7.83. The summed E-state index contributed by atoms with van der Waals surface area (Å²) in [7, 11) is 3.99. The highest BCUT2D eigenvalue weighted by Gasteiger charge is 2.18. The Labute approximate surface area is 109 Å². The van der Waals surface area contributed by atoms with Crippen molar-refractivity contribution < 1.29 is 0 Å². The normalized spacial score (nSPS) is 12.7. The second-order valence-corrected chi connectivity index (χ2v) is 4.85. The van der Waals surface area contributed by atoms with Crippen LogP contribution in [0.3, 0.4) is 0 Å². The zero-order chi connectivity index (χ0) is 13.3. The van der Waals surface area contributed by atoms with E-state index >= 15 is 0 Å². The van der Waals surface area contributed by atoms with Crippen LogP contribution in [-0.4, -0.2) is 16.8 Å². The van der Waals surface area contributed by atoms with Crippen LogP contribution in [0.25, 0.3) is 0 Å². The molecule has 0 bridgehead atoms. The van der Waals surface area contributed by atoms with Crippen molar-refractivity contribution in [2.45, 2.75) is 26.8 Å². The van der Waals surface area contributed by atoms with Gasteiger partial charge in [-0.05, 0) is 50.6 Å². The van der Waals surface area contributed by atoms with Crippen LogP contribution in [0.5, 0.6) is 0 Å². The van der Waals surface area contributed by atoms with Gasteiger partial charge in [-0.1, -0.05) is 18.2 Å². The summed E-state index contributed by atoms with van der Waals surface area (Å²) in [6.45, 7) is 6.36. The first-order chi connectivity index (χ1) is 8.54. The van der Waals surface area contributed by atoms with Gasteiger partial charge >= 0.3 is 0 Å². The van der Waals surface area contributed by atoms with Crippen LogP contribution in [0.2, 0.25) is 0 Å². The Morgan fingerprint density at radius 1 is 1.22 bits per heavy atom. The molecule has 3 heteroatoms. The molecule has 1 atom stereocenters. The molecule has 0 aliphatic rings. The maximum Gasteiger partial charge on any atom is 0.0748 e. The Hall–Kier alpha value is -1.61. The van der Waals surface area contributed by atoms with Gasteiger partial charge in [-0.15, -0.1) is 0 Å². The second kappa shape index (κ2) is 4.94. The van der Waals surface area contributed by atoms with Gasteiger partial charge in [-0.25, -0.2) is 0 Å². The third-order valence-corrected chi connectivity index (χ3v) is 3.58. The van der Waals surface area contributed by atoms with Gasteiger partial charge in [0.25, 0.3) is 0 Å². The van der Waals surface area contributed by atoms with Gasteiger partial charge in [0.05, 0.1) is 17.4 Å². The monoisotopic (exact) mass is 243 g/mol. The van der Waals surface area contributed by atoms with E-state index in [-0.39, 0.29) is 6.04 Å². The van der Waals surface area contributed by atoms with E-state index < -0.39 is 0 Å². The van der Waals surface area contributed by atoms with Gasteiger partial charge in [-0.2, -0.15) is 5.10 Å². The van der Waals surface area contributed by atoms with E-state index in [1.807, 2.05) is 25.7 Å². The summed E-state index contributed by atoms with van der Waals surface area (Å²) in [6.07, 6.45) is 0. The first kappa shape index (κ1) is 12.8. The molecule has 2 aromatic rings. The van der Waals surface area contributed by atoms with Gasteiger partial charge in [0.2, 0.25) is 0 Å². The summed E-state index contributed by atoms with van der Waals surface area (Å²) in [5.41, 5.74) is 6.24. The van der Waals surface area contributed by atoms with Crippen LogP contribution >= 0.6 is 0 Å². The molecule has 0 aliphatic heterocycles. The van der Waals surface area contributed by atoms with E-state index in [1.54, 1.807) is 0 Å². The largest absolute Gasteiger partial charge is 0.308 e. The van der Waals surface area contributed by atoms with Crippen molar-refractivity contribution in [3.8, 4) is 0 Å². The van der Waals surface area contributed by atoms with E-state index in [0.717, 1.165) is 5.69 Å². The standard InChI is InChI=1S/C15H21N3/c1-10-7-6-8-13(12(10)3)15(16-4)14-9-11(2)17-18(14)5/h6-9,15-16H,1-5H3. The minimum atomic E-state index is 0.191. The van der Waals surface area contributed by atoms with Gasteiger partial charge in [0.1, 0.15) is 0 Å². The molecule has 3 nitrogen and oxygen atoms in total. The SMILES string of the molecule is CNC(c1cccc(C)c1C)c1cc(C)nn1C. The molecule has 0 radical (unpaired) electrons. The zero-order valence-corrected chi connectivity index (χ0v) is 11.8. The summed E-state index contributed by atoms with van der Waals surface area (Å²) < 4.78 is 1.96. The first-order valence-corrected chi connectivity index (χ1v) is 6.28. The fraction of sp³-hybridized carbons (Fsp3) is 0.400. The van der Waals surface area contributed by atoms with Crippen molar-refractivity contribution in [2.75, 3.05) is 7.05 Å². The van der Waals surface area contributed by atoms with Crippen molar-refractivity contribution in [3.05, 3.63) is 52.3 Å². The topological polar surface area (TPSA) is 29.9 Å². The van der Waals surface area contributed by atoms with Crippen LogP contribution in [0, 0.1) is 20.8 Å². The number of aryl methyl sites for hydroxylation is 3. The summed E-state index contributed by atoms with van der Waals surface area (Å²) in [5.74, 6) is 0. The average molecular weight is 243 g/mol. The van der Waals surface area contributed by atoms with Crippen molar-refractivity contribution in [1.82, 2.24) is 15.1 Å². The minimum absolute atomic E-state index is 0.191. The summed E-state index contributed by atoms with van der Waals surface area (Å²) >= 11 is 0. The van der Waals surface area contributed by atoms with Gasteiger partial charge in [0, 0.05) is 7.05 Å². The number of hydrogen-bond donors (Lipinski definition) is 1. The number of nitrogens with zero attached hydrogens (tertiary/aromatic N) is 2. The molecule has 2 rings (SSSR count). The van der Waals surface area contributed by atoms with Crippen molar-refractivity contribution in [1.29, 1.82) is 0 Å². The quantitative estimate of drug-likeness (QED) is 0.898. The van der Waals surface area contributed by atoms with Gasteiger partial charge < -0.3 is 5.32 Å². The second-order valence-electron chi connectivity index (χ2n) is 4.85. The van der Waals surface area contributed by atoms with E-state index in [2.05, 4.69) is 48.5 Å². The molecular weight excluding hydrogens is 222 g/mol. The van der Waals surface area contributed by atoms with E-state index in [9.17, 15) is 0 Å². The number of hydrogen-bond acceptors (Lipinski definition) is 2. The molecule has 0 aliphatic carbocycles. The highest BCUT2D eigenvalue weighted by Crippen LogP contribution is 2.26. The molecule has 0 saturated carbocycles. The van der Waals surface area contributed by atoms with Crippen LogP contribution in [-0.2, 0) is 7.05 Å². The maximum absolute atomic E-state index is 4.43. The van der Waals surface area contributed by atoms with Crippen LogP contribution in [0.15, 0.2) is 24.3 Å². The zero-order valence-electron chi connectivity index (χ0n) is 11.8. The van der Waals surface area contributed by atoms with Crippen LogP contribution in [0.1, 0.15) is 34.1 Å². The number of nitrogens with one attached hydrogen (secondary N) is 1. The molecule has 1 unspecified atom stereocenters. The smallest absolute Gasteiger partial charge is 0.0748 e. The van der Waals surface area contributed by atoms with E-state index in [0.29, 0.717) is 0 Å². The molecule has 96 valence electrons. The molecule has 1 heterocycles. The lowest BCUT2D eigenvalue weighted by molar-refractivity contribution is 0.602. The molecular formula is C15H21N3. The average Bonchev–Trinajstić information content (AvgIpc) is 2.65. The first-order valence-electron chi connectivity index (χ1n) is 6.28. The molecule has 0 amide bonds. The van der Waals surface area contributed by atoms with Crippen LogP contribution in [0.4, 0.5) is 0 Å². The van der Waals surface area contributed by atoms with Crippen molar-refractivity contribution >= 4 is 0 Å². The Morgan fingerprint density at radius 2 is 1.94 bits per heavy atom. The fourth-order valence-electron chi connectivity index (χ4n) is 2.45. The number of rotatable bonds is 3. The minimum Gasteiger partial charge on any atom is -0.308 e. The van der Waals surface area contributed by atoms with E-state index in [4.69, 9.17) is 0 Å².